The van der Waals surface area contributed by atoms with Crippen LogP contribution in [0.5, 0.6) is 0 Å². The Balaban J connectivity index is 1.25. The van der Waals surface area contributed by atoms with Crippen molar-refractivity contribution in [3.05, 3.63) is 40.7 Å². The van der Waals surface area contributed by atoms with E-state index in [4.69, 9.17) is 27.0 Å². The van der Waals surface area contributed by atoms with Gasteiger partial charge in [-0.25, -0.2) is 19.3 Å². The third kappa shape index (κ3) is 3.69. The molecule has 0 bridgehead atoms. The summed E-state index contributed by atoms with van der Waals surface area (Å²) < 4.78 is 15.2. The number of nitrogens with zero attached hydrogens (tertiary/aromatic N) is 5. The van der Waals surface area contributed by atoms with Gasteiger partial charge in [-0.15, -0.1) is 0 Å². The van der Waals surface area contributed by atoms with Crippen molar-refractivity contribution in [3.63, 3.8) is 0 Å². The number of aliphatic imine (C=N–C) groups is 1. The fourth-order valence-electron chi connectivity index (χ4n) is 6.58. The minimum atomic E-state index is -1.58. The van der Waals surface area contributed by atoms with Gasteiger partial charge in [0.1, 0.15) is 17.7 Å². The Morgan fingerprint density at radius 3 is 2.92 bits per heavy atom. The standard InChI is InChI=1S/C27H30ClFN8/c1-2-19-22-18(12-30)17-10-20(17)37(16-4-6-31-7-5-16)26(22)36-25(34-19)14-3-8-32-21(9-14)35-24-23-27(24,29)11-15(28)13-33-23/h3,8-9,11-13,16-18,20,23-24,30-31H,2,4-7,10H2,1H3,(H,32,35). The SMILES string of the molecule is CCc1nc(-c2ccnc(NC3C4N=CC(Cl)=CC43F)c2)nc2c1C(C=N)C1CC1N2C1CCNCC1. The van der Waals surface area contributed by atoms with Gasteiger partial charge in [0.2, 0.25) is 0 Å². The van der Waals surface area contributed by atoms with Crippen LogP contribution in [0.25, 0.3) is 11.4 Å². The number of nitrogens with one attached hydrogen (secondary N) is 3. The molecule has 3 fully saturated rings. The molecule has 0 spiro atoms. The third-order valence-corrected chi connectivity index (χ3v) is 8.80. The number of allylic oxidation sites excluding steroid dienone is 1. The van der Waals surface area contributed by atoms with Crippen molar-refractivity contribution < 1.29 is 4.39 Å². The van der Waals surface area contributed by atoms with Gasteiger partial charge in [-0.1, -0.05) is 18.5 Å². The molecule has 2 saturated carbocycles. The average molecular weight is 521 g/mol. The molecule has 8 nitrogen and oxygen atoms in total. The number of anilines is 2. The highest BCUT2D eigenvalue weighted by atomic mass is 35.5. The van der Waals surface area contributed by atoms with Crippen molar-refractivity contribution in [3.8, 4) is 11.4 Å². The first-order chi connectivity index (χ1) is 18.0. The van der Waals surface area contributed by atoms with Crippen LogP contribution in [-0.2, 0) is 6.42 Å². The Hall–Kier alpha value is -2.91. The number of piperidine rings is 1. The highest BCUT2D eigenvalue weighted by molar-refractivity contribution is 6.39. The summed E-state index contributed by atoms with van der Waals surface area (Å²) in [6.45, 7) is 4.15. The van der Waals surface area contributed by atoms with Crippen LogP contribution in [0.15, 0.2) is 34.4 Å². The molecule has 2 aromatic heterocycles. The van der Waals surface area contributed by atoms with Gasteiger partial charge in [0.25, 0.3) is 0 Å². The van der Waals surface area contributed by atoms with E-state index in [9.17, 15) is 0 Å². The largest absolute Gasteiger partial charge is 0.361 e. The van der Waals surface area contributed by atoms with E-state index in [0.29, 0.717) is 34.7 Å². The lowest BCUT2D eigenvalue weighted by atomic mass is 9.88. The first-order valence-corrected chi connectivity index (χ1v) is 13.6. The number of alkyl halides is 1. The average Bonchev–Trinajstić information content (AvgIpc) is 3.81. The van der Waals surface area contributed by atoms with Gasteiger partial charge in [0, 0.05) is 47.8 Å². The van der Waals surface area contributed by atoms with Gasteiger partial charge < -0.3 is 20.9 Å². The molecule has 6 atom stereocenters. The Morgan fingerprint density at radius 2 is 2.16 bits per heavy atom. The summed E-state index contributed by atoms with van der Waals surface area (Å²) in [6.07, 6.45) is 10.3. The monoisotopic (exact) mass is 520 g/mol. The predicted octanol–water partition coefficient (Wildman–Crippen LogP) is 3.87. The molecule has 7 rings (SSSR count). The van der Waals surface area contributed by atoms with Gasteiger partial charge in [-0.05, 0) is 62.9 Å². The van der Waals surface area contributed by atoms with E-state index >= 15 is 4.39 Å². The Labute approximate surface area is 220 Å². The summed E-state index contributed by atoms with van der Waals surface area (Å²) in [7, 11) is 0. The number of rotatable bonds is 6. The molecule has 1 saturated heterocycles. The topological polar surface area (TPSA) is 102 Å². The minimum Gasteiger partial charge on any atom is -0.361 e. The molecule has 5 heterocycles. The van der Waals surface area contributed by atoms with Crippen molar-refractivity contribution in [2.75, 3.05) is 23.3 Å². The Kier molecular flexibility index (Phi) is 5.37. The predicted molar refractivity (Wildman–Crippen MR) is 144 cm³/mol. The second kappa shape index (κ2) is 8.56. The number of hydrogen-bond acceptors (Lipinski definition) is 8. The lowest BCUT2D eigenvalue weighted by Crippen LogP contribution is -2.47. The molecule has 192 valence electrons. The molecule has 2 aliphatic carbocycles. The number of dihydropyridines is 1. The molecule has 0 amide bonds. The second-order valence-corrected chi connectivity index (χ2v) is 11.2. The zero-order valence-electron chi connectivity index (χ0n) is 20.7. The third-order valence-electron chi connectivity index (χ3n) is 8.60. The summed E-state index contributed by atoms with van der Waals surface area (Å²) in [5.74, 6) is 2.76. The normalized spacial score (nSPS) is 33.6. The minimum absolute atomic E-state index is 0.0797. The van der Waals surface area contributed by atoms with Crippen LogP contribution in [0.2, 0.25) is 0 Å². The van der Waals surface area contributed by atoms with E-state index in [1.807, 2.05) is 12.1 Å². The maximum atomic E-state index is 15.2. The number of aryl methyl sites for hydroxylation is 1. The van der Waals surface area contributed by atoms with E-state index in [2.05, 4.69) is 32.4 Å². The molecule has 6 unspecified atom stereocenters. The molecule has 10 heteroatoms. The molecular weight excluding hydrogens is 491 g/mol. The fourth-order valence-corrected chi connectivity index (χ4v) is 6.81. The highest BCUT2D eigenvalue weighted by Gasteiger charge is 2.67. The van der Waals surface area contributed by atoms with Crippen LogP contribution in [0.3, 0.4) is 0 Å². The summed E-state index contributed by atoms with van der Waals surface area (Å²) in [5, 5.41) is 15.2. The van der Waals surface area contributed by atoms with E-state index in [1.165, 1.54) is 12.3 Å². The van der Waals surface area contributed by atoms with E-state index in [-0.39, 0.29) is 5.92 Å². The Morgan fingerprint density at radius 1 is 1.32 bits per heavy atom. The van der Waals surface area contributed by atoms with E-state index < -0.39 is 17.8 Å². The molecule has 3 N–H and O–H groups in total. The second-order valence-electron chi connectivity index (χ2n) is 10.8. The maximum Gasteiger partial charge on any atom is 0.177 e. The summed E-state index contributed by atoms with van der Waals surface area (Å²) in [4.78, 5) is 21.4. The van der Waals surface area contributed by atoms with Gasteiger partial charge in [-0.2, -0.15) is 0 Å². The number of hydrogen-bond donors (Lipinski definition) is 3. The quantitative estimate of drug-likeness (QED) is 0.500. The molecule has 37 heavy (non-hydrogen) atoms. The molecule has 2 aromatic rings. The van der Waals surface area contributed by atoms with E-state index in [0.717, 1.165) is 61.4 Å². The van der Waals surface area contributed by atoms with Crippen LogP contribution >= 0.6 is 11.6 Å². The van der Waals surface area contributed by atoms with Gasteiger partial charge in [-0.3, -0.25) is 4.99 Å². The zero-order valence-corrected chi connectivity index (χ0v) is 21.4. The van der Waals surface area contributed by atoms with Crippen molar-refractivity contribution in [1.82, 2.24) is 20.3 Å². The van der Waals surface area contributed by atoms with Gasteiger partial charge in [0.15, 0.2) is 11.5 Å². The lowest BCUT2D eigenvalue weighted by molar-refractivity contribution is 0.361. The zero-order chi connectivity index (χ0) is 25.3. The molecule has 0 aromatic carbocycles. The van der Waals surface area contributed by atoms with Crippen molar-refractivity contribution in [2.45, 2.75) is 68.4 Å². The summed E-state index contributed by atoms with van der Waals surface area (Å²) >= 11 is 5.98. The molecule has 5 aliphatic rings. The molecular formula is C27H30ClFN8. The van der Waals surface area contributed by atoms with Gasteiger partial charge in [0.05, 0.1) is 16.8 Å². The number of pyridine rings is 1. The number of aromatic nitrogens is 3. The highest BCUT2D eigenvalue weighted by Crippen LogP contribution is 2.55. The van der Waals surface area contributed by atoms with Crippen molar-refractivity contribution >= 4 is 35.7 Å². The first kappa shape index (κ1) is 23.2. The number of halogens is 2. The first-order valence-electron chi connectivity index (χ1n) is 13.3. The van der Waals surface area contributed by atoms with Crippen LogP contribution < -0.4 is 15.5 Å². The van der Waals surface area contributed by atoms with Crippen LogP contribution in [0, 0.1) is 11.3 Å². The lowest BCUT2D eigenvalue weighted by Gasteiger charge is -2.41. The Bertz CT molecular complexity index is 1320. The van der Waals surface area contributed by atoms with E-state index in [1.54, 1.807) is 12.4 Å². The number of fused-ring (bicyclic) bond motifs is 3. The smallest absolute Gasteiger partial charge is 0.177 e. The van der Waals surface area contributed by atoms with Crippen LogP contribution in [0.1, 0.15) is 43.4 Å². The van der Waals surface area contributed by atoms with Crippen molar-refractivity contribution in [2.24, 2.45) is 10.9 Å². The van der Waals surface area contributed by atoms with Crippen LogP contribution in [0.4, 0.5) is 16.0 Å². The summed E-state index contributed by atoms with van der Waals surface area (Å²) in [5.41, 5.74) is 1.39. The molecule has 0 radical (unpaired) electrons. The fraction of sp³-hybridized carbons (Fsp3) is 0.519. The molecule has 3 aliphatic heterocycles. The van der Waals surface area contributed by atoms with Crippen LogP contribution in [-0.4, -0.2) is 70.3 Å². The maximum absolute atomic E-state index is 15.2. The van der Waals surface area contributed by atoms with Crippen molar-refractivity contribution in [1.29, 1.82) is 5.41 Å². The van der Waals surface area contributed by atoms with Gasteiger partial charge >= 0.3 is 0 Å². The summed E-state index contributed by atoms with van der Waals surface area (Å²) in [6, 6.07) is 3.68.